The third-order valence-corrected chi connectivity index (χ3v) is 1.51. The number of rotatable bonds is 0. The number of phenols is 2. The molecule has 0 aliphatic carbocycles. The van der Waals surface area contributed by atoms with Crippen LogP contribution >= 0.6 is 0 Å². The SMILES string of the molecule is O=C(O)O.Oc1ccccc1.Oc1ccccc1. The summed E-state index contributed by atoms with van der Waals surface area (Å²) in [5.41, 5.74) is 0. The van der Waals surface area contributed by atoms with Gasteiger partial charge in [0.1, 0.15) is 11.5 Å². The van der Waals surface area contributed by atoms with Gasteiger partial charge in [0.2, 0.25) is 0 Å². The van der Waals surface area contributed by atoms with Crippen molar-refractivity contribution in [3.8, 4) is 11.5 Å². The van der Waals surface area contributed by atoms with Crippen LogP contribution in [0.1, 0.15) is 0 Å². The average molecular weight is 250 g/mol. The van der Waals surface area contributed by atoms with E-state index in [1.807, 2.05) is 12.1 Å². The minimum Gasteiger partial charge on any atom is -0.508 e. The zero-order valence-electron chi connectivity index (χ0n) is 9.47. The van der Waals surface area contributed by atoms with E-state index < -0.39 is 6.16 Å². The van der Waals surface area contributed by atoms with Crippen molar-refractivity contribution in [3.63, 3.8) is 0 Å². The molecule has 0 radical (unpaired) electrons. The van der Waals surface area contributed by atoms with Crippen LogP contribution in [0.3, 0.4) is 0 Å². The molecular weight excluding hydrogens is 236 g/mol. The number of hydrogen-bond acceptors (Lipinski definition) is 3. The van der Waals surface area contributed by atoms with Crippen LogP contribution in [-0.2, 0) is 0 Å². The van der Waals surface area contributed by atoms with Crippen molar-refractivity contribution in [3.05, 3.63) is 60.7 Å². The highest BCUT2D eigenvalue weighted by Gasteiger charge is 1.75. The largest absolute Gasteiger partial charge is 0.508 e. The quantitative estimate of drug-likeness (QED) is 0.576. The monoisotopic (exact) mass is 250 g/mol. The maximum atomic E-state index is 8.63. The highest BCUT2D eigenvalue weighted by Crippen LogP contribution is 2.03. The van der Waals surface area contributed by atoms with E-state index in [9.17, 15) is 0 Å². The fourth-order valence-electron chi connectivity index (χ4n) is 0.856. The number of aromatic hydroxyl groups is 2. The fourth-order valence-corrected chi connectivity index (χ4v) is 0.856. The van der Waals surface area contributed by atoms with Crippen LogP contribution in [-0.4, -0.2) is 26.6 Å². The summed E-state index contributed by atoms with van der Waals surface area (Å²) < 4.78 is 0. The van der Waals surface area contributed by atoms with Gasteiger partial charge in [-0.15, -0.1) is 0 Å². The Bertz CT molecular complexity index is 386. The van der Waals surface area contributed by atoms with Gasteiger partial charge < -0.3 is 20.4 Å². The van der Waals surface area contributed by atoms with Crippen LogP contribution in [0.4, 0.5) is 4.79 Å². The molecule has 0 saturated heterocycles. The van der Waals surface area contributed by atoms with E-state index in [0.29, 0.717) is 11.5 Å². The van der Waals surface area contributed by atoms with Gasteiger partial charge >= 0.3 is 6.16 Å². The van der Waals surface area contributed by atoms with Gasteiger partial charge in [-0.1, -0.05) is 36.4 Å². The zero-order chi connectivity index (χ0) is 13.8. The van der Waals surface area contributed by atoms with Crippen molar-refractivity contribution in [2.45, 2.75) is 0 Å². The van der Waals surface area contributed by atoms with Gasteiger partial charge in [-0.05, 0) is 24.3 Å². The second-order valence-electron chi connectivity index (χ2n) is 2.95. The lowest BCUT2D eigenvalue weighted by atomic mass is 10.3. The van der Waals surface area contributed by atoms with Crippen LogP contribution in [0, 0.1) is 0 Å². The van der Waals surface area contributed by atoms with Crippen molar-refractivity contribution in [1.82, 2.24) is 0 Å². The molecule has 0 saturated carbocycles. The molecular formula is C13H14O5. The summed E-state index contributed by atoms with van der Waals surface area (Å²) in [5, 5.41) is 31.2. The molecule has 18 heavy (non-hydrogen) atoms. The first kappa shape index (κ1) is 15.3. The van der Waals surface area contributed by atoms with Gasteiger partial charge in [0.15, 0.2) is 0 Å². The van der Waals surface area contributed by atoms with Gasteiger partial charge in [-0.2, -0.15) is 0 Å². The number of phenolic OH excluding ortho intramolecular Hbond substituents is 2. The van der Waals surface area contributed by atoms with Crippen molar-refractivity contribution in [2.24, 2.45) is 0 Å². The fraction of sp³-hybridized carbons (Fsp3) is 0. The normalized spacial score (nSPS) is 8.00. The third kappa shape index (κ3) is 11.4. The Morgan fingerprint density at radius 3 is 1.00 bits per heavy atom. The minimum atomic E-state index is -1.83. The second-order valence-corrected chi connectivity index (χ2v) is 2.95. The first-order valence-corrected chi connectivity index (χ1v) is 4.92. The lowest BCUT2D eigenvalue weighted by Gasteiger charge is -1.82. The molecule has 4 N–H and O–H groups in total. The molecule has 2 aromatic rings. The smallest absolute Gasteiger partial charge is 0.503 e. The Hall–Kier alpha value is -2.69. The molecule has 0 amide bonds. The molecule has 0 unspecified atom stereocenters. The van der Waals surface area contributed by atoms with Gasteiger partial charge in [0, 0.05) is 0 Å². The predicted molar refractivity (Wildman–Crippen MR) is 66.9 cm³/mol. The Morgan fingerprint density at radius 2 is 0.889 bits per heavy atom. The first-order valence-electron chi connectivity index (χ1n) is 4.92. The maximum Gasteiger partial charge on any atom is 0.503 e. The summed E-state index contributed by atoms with van der Waals surface area (Å²) in [7, 11) is 0. The highest BCUT2D eigenvalue weighted by molar-refractivity contribution is 5.53. The average Bonchev–Trinajstić information content (AvgIpc) is 2.31. The summed E-state index contributed by atoms with van der Waals surface area (Å²) in [4.78, 5) is 8.56. The standard InChI is InChI=1S/2C6H6O.CH2O3/c2*7-6-4-2-1-3-5-6;2-1(3)4/h2*1-5,7H;(H2,2,3,4). The molecule has 5 nitrogen and oxygen atoms in total. The Balaban J connectivity index is 0.000000253. The van der Waals surface area contributed by atoms with Crippen LogP contribution in [0.5, 0.6) is 11.5 Å². The molecule has 0 aliphatic heterocycles. The summed E-state index contributed by atoms with van der Waals surface area (Å²) in [6, 6.07) is 17.4. The minimum absolute atomic E-state index is 0.322. The molecule has 0 aromatic heterocycles. The number of para-hydroxylation sites is 2. The van der Waals surface area contributed by atoms with Crippen LogP contribution in [0.15, 0.2) is 60.7 Å². The van der Waals surface area contributed by atoms with Gasteiger partial charge in [-0.25, -0.2) is 4.79 Å². The molecule has 0 atom stereocenters. The van der Waals surface area contributed by atoms with E-state index in [-0.39, 0.29) is 0 Å². The van der Waals surface area contributed by atoms with Crippen LogP contribution in [0.2, 0.25) is 0 Å². The van der Waals surface area contributed by atoms with Crippen LogP contribution in [0.25, 0.3) is 0 Å². The number of hydrogen-bond donors (Lipinski definition) is 4. The van der Waals surface area contributed by atoms with E-state index >= 15 is 0 Å². The third-order valence-electron chi connectivity index (χ3n) is 1.51. The molecule has 0 heterocycles. The molecule has 0 aliphatic rings. The van der Waals surface area contributed by atoms with Crippen molar-refractivity contribution >= 4 is 6.16 Å². The van der Waals surface area contributed by atoms with E-state index in [4.69, 9.17) is 25.2 Å². The van der Waals surface area contributed by atoms with E-state index in [0.717, 1.165) is 0 Å². The van der Waals surface area contributed by atoms with Crippen LogP contribution < -0.4 is 0 Å². The number of carboxylic acid groups (broad SMARTS) is 2. The van der Waals surface area contributed by atoms with E-state index in [1.54, 1.807) is 48.5 Å². The first-order chi connectivity index (χ1) is 8.52. The van der Waals surface area contributed by atoms with Gasteiger partial charge in [0.25, 0.3) is 0 Å². The molecule has 0 spiro atoms. The Morgan fingerprint density at radius 1 is 0.667 bits per heavy atom. The van der Waals surface area contributed by atoms with Crippen molar-refractivity contribution < 1.29 is 25.2 Å². The van der Waals surface area contributed by atoms with Gasteiger partial charge in [0.05, 0.1) is 0 Å². The second kappa shape index (κ2) is 9.53. The summed E-state index contributed by atoms with van der Waals surface area (Å²) in [5.74, 6) is 0.644. The molecule has 2 rings (SSSR count). The lowest BCUT2D eigenvalue weighted by molar-refractivity contribution is 0.137. The summed E-state index contributed by atoms with van der Waals surface area (Å²) >= 11 is 0. The van der Waals surface area contributed by atoms with Gasteiger partial charge in [-0.3, -0.25) is 0 Å². The topological polar surface area (TPSA) is 98.0 Å². The number of benzene rings is 2. The predicted octanol–water partition coefficient (Wildman–Crippen LogP) is 3.01. The molecule has 2 aromatic carbocycles. The zero-order valence-corrected chi connectivity index (χ0v) is 9.47. The molecule has 5 heteroatoms. The summed E-state index contributed by atoms with van der Waals surface area (Å²) in [6.45, 7) is 0. The molecule has 0 fully saturated rings. The molecule has 96 valence electrons. The Kier molecular flexibility index (Phi) is 8.11. The maximum absolute atomic E-state index is 8.63. The van der Waals surface area contributed by atoms with Crippen molar-refractivity contribution in [1.29, 1.82) is 0 Å². The van der Waals surface area contributed by atoms with Crippen molar-refractivity contribution in [2.75, 3.05) is 0 Å². The molecule has 0 bridgehead atoms. The Labute approximate surface area is 104 Å². The lowest BCUT2D eigenvalue weighted by Crippen LogP contribution is -1.81. The van der Waals surface area contributed by atoms with E-state index in [1.165, 1.54) is 0 Å². The van der Waals surface area contributed by atoms with E-state index in [2.05, 4.69) is 0 Å². The number of carbonyl (C=O) groups is 1. The highest BCUT2D eigenvalue weighted by atomic mass is 16.6. The summed E-state index contributed by atoms with van der Waals surface area (Å²) in [6.07, 6.45) is -1.83.